The third-order valence-corrected chi connectivity index (χ3v) is 5.57. The van der Waals surface area contributed by atoms with Crippen LogP contribution in [-0.2, 0) is 12.8 Å². The van der Waals surface area contributed by atoms with Crippen molar-refractivity contribution in [2.24, 2.45) is 0 Å². The van der Waals surface area contributed by atoms with Gasteiger partial charge >= 0.3 is 0 Å². The van der Waals surface area contributed by atoms with E-state index in [0.29, 0.717) is 5.56 Å². The summed E-state index contributed by atoms with van der Waals surface area (Å²) in [5.41, 5.74) is 7.33. The van der Waals surface area contributed by atoms with Crippen molar-refractivity contribution in [3.63, 3.8) is 0 Å². The highest BCUT2D eigenvalue weighted by Gasteiger charge is 2.26. The number of anilines is 2. The molecule has 1 amide bonds. The van der Waals surface area contributed by atoms with Gasteiger partial charge in [-0.15, -0.1) is 0 Å². The van der Waals surface area contributed by atoms with Gasteiger partial charge in [0.05, 0.1) is 11.4 Å². The molecule has 0 unspecified atom stereocenters. The minimum atomic E-state index is 0.00594. The van der Waals surface area contributed by atoms with Gasteiger partial charge in [-0.25, -0.2) is 0 Å². The van der Waals surface area contributed by atoms with Crippen LogP contribution in [0.4, 0.5) is 11.4 Å². The highest BCUT2D eigenvalue weighted by atomic mass is 16.2. The van der Waals surface area contributed by atoms with E-state index >= 15 is 0 Å². The average molecular weight is 375 g/mol. The largest absolute Gasteiger partial charge is 0.276 e. The van der Waals surface area contributed by atoms with Gasteiger partial charge in [-0.2, -0.15) is 0 Å². The number of rotatable bonds is 2. The van der Waals surface area contributed by atoms with Crippen molar-refractivity contribution in [2.45, 2.75) is 12.8 Å². The molecule has 140 valence electrons. The number of carbonyl (C=O) groups excluding carboxylic acids is 1. The molecule has 1 heterocycles. The molecule has 29 heavy (non-hydrogen) atoms. The summed E-state index contributed by atoms with van der Waals surface area (Å²) in [6, 6.07) is 34.6. The zero-order chi connectivity index (χ0) is 19.6. The van der Waals surface area contributed by atoms with Gasteiger partial charge in [-0.1, -0.05) is 78.9 Å². The number of amides is 1. The molecule has 2 nitrogen and oxygen atoms in total. The van der Waals surface area contributed by atoms with Crippen LogP contribution in [0.2, 0.25) is 0 Å². The molecule has 0 aromatic heterocycles. The second-order valence-corrected chi connectivity index (χ2v) is 7.34. The Kier molecular flexibility index (Phi) is 4.45. The minimum Gasteiger partial charge on any atom is -0.276 e. The number of aryl methyl sites for hydroxylation is 2. The van der Waals surface area contributed by atoms with Crippen LogP contribution in [0.15, 0.2) is 103 Å². The third kappa shape index (κ3) is 3.23. The van der Waals surface area contributed by atoms with E-state index in [1.54, 1.807) is 0 Å². The van der Waals surface area contributed by atoms with Crippen molar-refractivity contribution >= 4 is 17.3 Å². The van der Waals surface area contributed by atoms with Crippen molar-refractivity contribution in [3.05, 3.63) is 120 Å². The molecule has 0 bridgehead atoms. The maximum atomic E-state index is 13.7. The molecule has 4 aromatic carbocycles. The molecule has 0 radical (unpaired) electrons. The number of hydrogen-bond acceptors (Lipinski definition) is 1. The van der Waals surface area contributed by atoms with Crippen molar-refractivity contribution in [2.75, 3.05) is 4.90 Å². The first-order chi connectivity index (χ1) is 14.3. The lowest BCUT2D eigenvalue weighted by Gasteiger charge is -2.25. The molecule has 0 saturated heterocycles. The first-order valence-corrected chi connectivity index (χ1v) is 9.97. The highest BCUT2D eigenvalue weighted by molar-refractivity contribution is 6.12. The summed E-state index contributed by atoms with van der Waals surface area (Å²) in [4.78, 5) is 15.5. The Morgan fingerprint density at radius 1 is 0.552 bits per heavy atom. The maximum Gasteiger partial charge on any atom is 0.262 e. The fourth-order valence-corrected chi connectivity index (χ4v) is 4.06. The summed E-state index contributed by atoms with van der Waals surface area (Å²) < 4.78 is 0. The van der Waals surface area contributed by atoms with Gasteiger partial charge in [-0.3, -0.25) is 9.69 Å². The molecule has 0 spiro atoms. The normalized spacial score (nSPS) is 12.6. The molecule has 0 atom stereocenters. The molecule has 1 aliphatic heterocycles. The molecular formula is C27H21NO. The van der Waals surface area contributed by atoms with E-state index in [0.717, 1.165) is 35.3 Å². The van der Waals surface area contributed by atoms with Crippen LogP contribution < -0.4 is 4.90 Å². The standard InChI is InChI=1S/C27H21NO/c29-27(24-18-14-21(15-19-24)20-8-2-1-3-9-20)28-25-12-6-4-10-22(25)16-17-23-11-5-7-13-26(23)28/h1-15,18-19H,16-17H2. The van der Waals surface area contributed by atoms with E-state index in [9.17, 15) is 4.79 Å². The monoisotopic (exact) mass is 375 g/mol. The van der Waals surface area contributed by atoms with Gasteiger partial charge in [0.1, 0.15) is 0 Å². The maximum absolute atomic E-state index is 13.7. The Morgan fingerprint density at radius 3 is 1.62 bits per heavy atom. The van der Waals surface area contributed by atoms with Crippen LogP contribution in [0.5, 0.6) is 0 Å². The number of benzene rings is 4. The molecule has 0 fully saturated rings. The fraction of sp³-hybridized carbons (Fsp3) is 0.0741. The zero-order valence-corrected chi connectivity index (χ0v) is 16.1. The predicted molar refractivity (Wildman–Crippen MR) is 119 cm³/mol. The highest BCUT2D eigenvalue weighted by Crippen LogP contribution is 2.37. The van der Waals surface area contributed by atoms with Crippen LogP contribution >= 0.6 is 0 Å². The summed E-state index contributed by atoms with van der Waals surface area (Å²) in [6.07, 6.45) is 1.87. The number of nitrogens with zero attached hydrogens (tertiary/aromatic N) is 1. The van der Waals surface area contributed by atoms with Crippen LogP contribution in [0.25, 0.3) is 11.1 Å². The fourth-order valence-electron chi connectivity index (χ4n) is 4.06. The van der Waals surface area contributed by atoms with Crippen LogP contribution in [0, 0.1) is 0 Å². The SMILES string of the molecule is O=C(c1ccc(-c2ccccc2)cc1)N1c2ccccc2CCc2ccccc21. The van der Waals surface area contributed by atoms with E-state index in [1.165, 1.54) is 11.1 Å². The molecule has 1 aliphatic rings. The molecular weight excluding hydrogens is 354 g/mol. The number of para-hydroxylation sites is 2. The Labute approximate surface area is 171 Å². The Hall–Kier alpha value is -3.65. The van der Waals surface area contributed by atoms with Crippen LogP contribution in [0.3, 0.4) is 0 Å². The van der Waals surface area contributed by atoms with Crippen molar-refractivity contribution in [3.8, 4) is 11.1 Å². The Bertz CT molecular complexity index is 1120. The first-order valence-electron chi connectivity index (χ1n) is 9.97. The van der Waals surface area contributed by atoms with E-state index < -0.39 is 0 Å². The van der Waals surface area contributed by atoms with E-state index in [-0.39, 0.29) is 5.91 Å². The molecule has 0 N–H and O–H groups in total. The second kappa shape index (κ2) is 7.40. The van der Waals surface area contributed by atoms with Gasteiger partial charge < -0.3 is 0 Å². The van der Waals surface area contributed by atoms with Gasteiger partial charge in [0.25, 0.3) is 5.91 Å². The van der Waals surface area contributed by atoms with E-state index in [2.05, 4.69) is 24.3 Å². The lowest BCUT2D eigenvalue weighted by Crippen LogP contribution is -2.26. The number of fused-ring (bicyclic) bond motifs is 2. The summed E-state index contributed by atoms with van der Waals surface area (Å²) in [6.45, 7) is 0. The second-order valence-electron chi connectivity index (χ2n) is 7.34. The van der Waals surface area contributed by atoms with Crippen LogP contribution in [-0.4, -0.2) is 5.91 Å². The van der Waals surface area contributed by atoms with Gasteiger partial charge in [0, 0.05) is 5.56 Å². The van der Waals surface area contributed by atoms with Crippen molar-refractivity contribution in [1.82, 2.24) is 0 Å². The third-order valence-electron chi connectivity index (χ3n) is 5.57. The summed E-state index contributed by atoms with van der Waals surface area (Å²) >= 11 is 0. The van der Waals surface area contributed by atoms with Gasteiger partial charge in [0.2, 0.25) is 0 Å². The van der Waals surface area contributed by atoms with Crippen LogP contribution in [0.1, 0.15) is 21.5 Å². The zero-order valence-electron chi connectivity index (χ0n) is 16.1. The molecule has 0 saturated carbocycles. The van der Waals surface area contributed by atoms with E-state index in [1.807, 2.05) is 83.8 Å². The number of carbonyl (C=O) groups is 1. The Morgan fingerprint density at radius 2 is 1.03 bits per heavy atom. The lowest BCUT2D eigenvalue weighted by atomic mass is 10.0. The summed E-state index contributed by atoms with van der Waals surface area (Å²) in [7, 11) is 0. The minimum absolute atomic E-state index is 0.00594. The average Bonchev–Trinajstić information content (AvgIpc) is 2.96. The topological polar surface area (TPSA) is 20.3 Å². The smallest absolute Gasteiger partial charge is 0.262 e. The van der Waals surface area contributed by atoms with E-state index in [4.69, 9.17) is 0 Å². The summed E-state index contributed by atoms with van der Waals surface area (Å²) in [5, 5.41) is 0. The Balaban J connectivity index is 1.57. The summed E-state index contributed by atoms with van der Waals surface area (Å²) in [5.74, 6) is 0.00594. The van der Waals surface area contributed by atoms with Crippen molar-refractivity contribution < 1.29 is 4.79 Å². The molecule has 0 aliphatic carbocycles. The number of hydrogen-bond donors (Lipinski definition) is 0. The quantitative estimate of drug-likeness (QED) is 0.395. The molecule has 4 aromatic rings. The van der Waals surface area contributed by atoms with Gasteiger partial charge in [0.15, 0.2) is 0 Å². The molecule has 5 rings (SSSR count). The molecule has 2 heteroatoms. The lowest BCUT2D eigenvalue weighted by molar-refractivity contribution is 0.0999. The predicted octanol–water partition coefficient (Wildman–Crippen LogP) is 6.43. The first kappa shape index (κ1) is 17.4. The van der Waals surface area contributed by atoms with Crippen molar-refractivity contribution in [1.29, 1.82) is 0 Å². The van der Waals surface area contributed by atoms with Gasteiger partial charge in [-0.05, 0) is 59.4 Å².